The summed E-state index contributed by atoms with van der Waals surface area (Å²) < 4.78 is 16.6. The van der Waals surface area contributed by atoms with E-state index in [9.17, 15) is 5.11 Å². The van der Waals surface area contributed by atoms with Crippen LogP contribution in [-0.2, 0) is 11.3 Å². The number of aliphatic hydroxyl groups is 1. The van der Waals surface area contributed by atoms with Crippen molar-refractivity contribution in [2.75, 3.05) is 34.0 Å². The van der Waals surface area contributed by atoms with Gasteiger partial charge in [0, 0.05) is 18.1 Å². The van der Waals surface area contributed by atoms with Gasteiger partial charge in [0.05, 0.1) is 33.5 Å². The summed E-state index contributed by atoms with van der Waals surface area (Å²) in [5, 5.41) is 10.6. The normalized spacial score (nSPS) is 20.8. The van der Waals surface area contributed by atoms with Crippen LogP contribution in [0.25, 0.3) is 0 Å². The van der Waals surface area contributed by atoms with Crippen LogP contribution in [0, 0.1) is 0 Å². The largest absolute Gasteiger partial charge is 0.493 e. The number of nitrogens with zero attached hydrogens (tertiary/aromatic N) is 1. The lowest BCUT2D eigenvalue weighted by Crippen LogP contribution is -2.46. The summed E-state index contributed by atoms with van der Waals surface area (Å²) in [4.78, 5) is 2.30. The molecule has 1 fully saturated rings. The van der Waals surface area contributed by atoms with E-state index in [0.29, 0.717) is 18.1 Å². The second-order valence-electron chi connectivity index (χ2n) is 6.25. The molecule has 1 saturated heterocycles. The van der Waals surface area contributed by atoms with Crippen LogP contribution >= 0.6 is 11.6 Å². The SMILES string of the molecule is COc1ccc([C@@H]2[C@@H](CO)OCCN2Cc2cccc(Cl)c2)cc1OC. The van der Waals surface area contributed by atoms with Crippen LogP contribution in [0.2, 0.25) is 5.02 Å². The van der Waals surface area contributed by atoms with Gasteiger partial charge in [-0.15, -0.1) is 0 Å². The van der Waals surface area contributed by atoms with Gasteiger partial charge in [-0.05, 0) is 35.4 Å². The van der Waals surface area contributed by atoms with Crippen LogP contribution in [0.3, 0.4) is 0 Å². The van der Waals surface area contributed by atoms with Gasteiger partial charge in [-0.25, -0.2) is 0 Å². The lowest BCUT2D eigenvalue weighted by atomic mass is 9.97. The smallest absolute Gasteiger partial charge is 0.161 e. The molecule has 0 aromatic heterocycles. The fourth-order valence-electron chi connectivity index (χ4n) is 3.45. The van der Waals surface area contributed by atoms with Crippen molar-refractivity contribution in [3.05, 3.63) is 58.6 Å². The van der Waals surface area contributed by atoms with Crippen LogP contribution in [0.4, 0.5) is 0 Å². The maximum Gasteiger partial charge on any atom is 0.161 e. The Kier molecular flexibility index (Phi) is 6.38. The van der Waals surface area contributed by atoms with Crippen molar-refractivity contribution in [2.45, 2.75) is 18.7 Å². The lowest BCUT2D eigenvalue weighted by Gasteiger charge is -2.41. The second kappa shape index (κ2) is 8.73. The van der Waals surface area contributed by atoms with E-state index in [1.807, 2.05) is 36.4 Å². The van der Waals surface area contributed by atoms with Crippen molar-refractivity contribution in [3.8, 4) is 11.5 Å². The summed E-state index contributed by atoms with van der Waals surface area (Å²) in [6, 6.07) is 13.6. The summed E-state index contributed by atoms with van der Waals surface area (Å²) in [6.07, 6.45) is -0.305. The zero-order valence-corrected chi connectivity index (χ0v) is 15.8. The van der Waals surface area contributed by atoms with Crippen molar-refractivity contribution in [2.24, 2.45) is 0 Å². The molecule has 0 amide bonds. The van der Waals surface area contributed by atoms with E-state index >= 15 is 0 Å². The molecule has 2 aromatic rings. The van der Waals surface area contributed by atoms with E-state index in [4.69, 9.17) is 25.8 Å². The Balaban J connectivity index is 1.93. The minimum absolute atomic E-state index is 0.0505. The molecule has 1 heterocycles. The van der Waals surface area contributed by atoms with Gasteiger partial charge in [0.2, 0.25) is 0 Å². The predicted octanol–water partition coefficient (Wildman–Crippen LogP) is 3.29. The number of ether oxygens (including phenoxy) is 3. The van der Waals surface area contributed by atoms with Crippen LogP contribution in [0.1, 0.15) is 17.2 Å². The molecule has 0 unspecified atom stereocenters. The van der Waals surface area contributed by atoms with Crippen molar-refractivity contribution in [1.82, 2.24) is 4.90 Å². The third-order valence-corrected chi connectivity index (χ3v) is 4.89. The molecule has 0 bridgehead atoms. The summed E-state index contributed by atoms with van der Waals surface area (Å²) in [5.41, 5.74) is 2.14. The molecule has 2 aromatic carbocycles. The molecule has 0 spiro atoms. The average Bonchev–Trinajstić information content (AvgIpc) is 2.67. The Hall–Kier alpha value is -1.79. The first-order chi connectivity index (χ1) is 12.7. The van der Waals surface area contributed by atoms with Gasteiger partial charge in [-0.3, -0.25) is 4.90 Å². The highest BCUT2D eigenvalue weighted by Crippen LogP contribution is 2.36. The molecule has 26 heavy (non-hydrogen) atoms. The molecule has 1 N–H and O–H groups in total. The Morgan fingerprint density at radius 2 is 1.96 bits per heavy atom. The molecule has 0 saturated carbocycles. The Morgan fingerprint density at radius 1 is 1.15 bits per heavy atom. The van der Waals surface area contributed by atoms with Crippen LogP contribution < -0.4 is 9.47 Å². The fraction of sp³-hybridized carbons (Fsp3) is 0.400. The lowest BCUT2D eigenvalue weighted by molar-refractivity contribution is -0.0960. The molecule has 2 atom stereocenters. The van der Waals surface area contributed by atoms with Crippen LogP contribution in [0.5, 0.6) is 11.5 Å². The number of hydrogen-bond donors (Lipinski definition) is 1. The van der Waals surface area contributed by atoms with E-state index in [1.54, 1.807) is 14.2 Å². The third kappa shape index (κ3) is 4.13. The zero-order valence-electron chi connectivity index (χ0n) is 15.0. The first kappa shape index (κ1) is 19.0. The molecule has 140 valence electrons. The van der Waals surface area contributed by atoms with Crippen molar-refractivity contribution in [1.29, 1.82) is 0 Å². The van der Waals surface area contributed by atoms with E-state index in [-0.39, 0.29) is 18.8 Å². The quantitative estimate of drug-likeness (QED) is 0.837. The van der Waals surface area contributed by atoms with Crippen molar-refractivity contribution in [3.63, 3.8) is 0 Å². The highest BCUT2D eigenvalue weighted by atomic mass is 35.5. The number of morpholine rings is 1. The van der Waals surface area contributed by atoms with E-state index in [2.05, 4.69) is 11.0 Å². The van der Waals surface area contributed by atoms with E-state index in [0.717, 1.165) is 29.2 Å². The predicted molar refractivity (Wildman–Crippen MR) is 101 cm³/mol. The van der Waals surface area contributed by atoms with Gasteiger partial charge in [0.25, 0.3) is 0 Å². The van der Waals surface area contributed by atoms with E-state index < -0.39 is 0 Å². The molecule has 1 aliphatic rings. The molecule has 1 aliphatic heterocycles. The highest BCUT2D eigenvalue weighted by Gasteiger charge is 2.33. The number of rotatable bonds is 6. The summed E-state index contributed by atoms with van der Waals surface area (Å²) in [6.45, 7) is 2.02. The van der Waals surface area contributed by atoms with Gasteiger partial charge in [-0.1, -0.05) is 29.8 Å². The Morgan fingerprint density at radius 3 is 2.65 bits per heavy atom. The van der Waals surface area contributed by atoms with Gasteiger partial charge in [-0.2, -0.15) is 0 Å². The number of halogens is 1. The minimum Gasteiger partial charge on any atom is -0.493 e. The maximum absolute atomic E-state index is 9.85. The second-order valence-corrected chi connectivity index (χ2v) is 6.69. The van der Waals surface area contributed by atoms with Gasteiger partial charge in [0.1, 0.15) is 6.10 Å². The first-order valence-electron chi connectivity index (χ1n) is 8.59. The van der Waals surface area contributed by atoms with Crippen molar-refractivity contribution >= 4 is 11.6 Å². The Labute approximate surface area is 159 Å². The standard InChI is InChI=1S/C20H24ClNO4/c1-24-17-7-6-15(11-18(17)25-2)20-19(13-23)26-9-8-22(20)12-14-4-3-5-16(21)10-14/h3-7,10-11,19-20,23H,8-9,12-13H2,1-2H3/t19-,20-/m1/s1. The number of benzene rings is 2. The topological polar surface area (TPSA) is 51.2 Å². The fourth-order valence-corrected chi connectivity index (χ4v) is 3.66. The van der Waals surface area contributed by atoms with Gasteiger partial charge < -0.3 is 19.3 Å². The zero-order chi connectivity index (χ0) is 18.5. The summed E-state index contributed by atoms with van der Waals surface area (Å²) in [7, 11) is 3.23. The number of aliphatic hydroxyl groups excluding tert-OH is 1. The van der Waals surface area contributed by atoms with Gasteiger partial charge >= 0.3 is 0 Å². The molecule has 0 radical (unpaired) electrons. The summed E-state index contributed by atoms with van der Waals surface area (Å²) >= 11 is 6.13. The van der Waals surface area contributed by atoms with Crippen LogP contribution in [0.15, 0.2) is 42.5 Å². The Bertz CT molecular complexity index is 740. The highest BCUT2D eigenvalue weighted by molar-refractivity contribution is 6.30. The monoisotopic (exact) mass is 377 g/mol. The average molecular weight is 378 g/mol. The molecule has 0 aliphatic carbocycles. The van der Waals surface area contributed by atoms with Crippen molar-refractivity contribution < 1.29 is 19.3 Å². The molecule has 3 rings (SSSR count). The van der Waals surface area contributed by atoms with E-state index in [1.165, 1.54) is 0 Å². The first-order valence-corrected chi connectivity index (χ1v) is 8.97. The number of methoxy groups -OCH3 is 2. The number of hydrogen-bond acceptors (Lipinski definition) is 5. The molecule has 5 nitrogen and oxygen atoms in total. The summed E-state index contributed by atoms with van der Waals surface area (Å²) in [5.74, 6) is 1.34. The third-order valence-electron chi connectivity index (χ3n) is 4.66. The van der Waals surface area contributed by atoms with Gasteiger partial charge in [0.15, 0.2) is 11.5 Å². The molecular weight excluding hydrogens is 354 g/mol. The molecular formula is C20H24ClNO4. The molecule has 6 heteroatoms. The van der Waals surface area contributed by atoms with Crippen LogP contribution in [-0.4, -0.2) is 50.1 Å². The minimum atomic E-state index is -0.305. The maximum atomic E-state index is 9.85.